The van der Waals surface area contributed by atoms with Crippen LogP contribution in [0.15, 0.2) is 18.2 Å². The summed E-state index contributed by atoms with van der Waals surface area (Å²) in [5.74, 6) is 1.24. The van der Waals surface area contributed by atoms with Crippen molar-refractivity contribution in [2.45, 2.75) is 33.1 Å². The number of benzene rings is 1. The highest BCUT2D eigenvalue weighted by molar-refractivity contribution is 6.00. The number of Topliss-reactive ketones (excluding diaryl/α,β-unsaturated/α-hetero) is 1. The molecule has 0 aliphatic rings. The Bertz CT molecular complexity index is 427. The Hall–Kier alpha value is -1.35. The quantitative estimate of drug-likeness (QED) is 0.767. The summed E-state index contributed by atoms with van der Waals surface area (Å²) in [4.78, 5) is 12.6. The third kappa shape index (κ3) is 3.80. The molecule has 0 aliphatic carbocycles. The Morgan fingerprint density at radius 1 is 1.37 bits per heavy atom. The predicted octanol–water partition coefficient (Wildman–Crippen LogP) is 3.25. The van der Waals surface area contributed by atoms with Gasteiger partial charge in [-0.3, -0.25) is 4.79 Å². The molecule has 1 unspecified atom stereocenters. The van der Waals surface area contributed by atoms with E-state index < -0.39 is 0 Å². The molecule has 0 spiro atoms. The zero-order valence-electron chi connectivity index (χ0n) is 12.6. The molecular formula is C16H25NO2. The Balaban J connectivity index is 3.14. The van der Waals surface area contributed by atoms with Gasteiger partial charge in [-0.25, -0.2) is 0 Å². The van der Waals surface area contributed by atoms with Crippen LogP contribution in [0.1, 0.15) is 49.0 Å². The summed E-state index contributed by atoms with van der Waals surface area (Å²) in [5.41, 5.74) is 1.87. The summed E-state index contributed by atoms with van der Waals surface area (Å²) in [6.07, 6.45) is 0.828. The van der Waals surface area contributed by atoms with E-state index in [0.717, 1.165) is 6.42 Å². The number of hydrogen-bond acceptors (Lipinski definition) is 3. The predicted molar refractivity (Wildman–Crippen MR) is 79.1 cm³/mol. The highest BCUT2D eigenvalue weighted by Gasteiger charge is 2.21. The van der Waals surface area contributed by atoms with Crippen LogP contribution in [0, 0.1) is 5.92 Å². The van der Waals surface area contributed by atoms with Crippen molar-refractivity contribution in [3.63, 3.8) is 0 Å². The molecule has 3 nitrogen and oxygen atoms in total. The van der Waals surface area contributed by atoms with Crippen LogP contribution in [-0.4, -0.2) is 26.5 Å². The first-order valence-electron chi connectivity index (χ1n) is 6.91. The second-order valence-corrected chi connectivity index (χ2v) is 5.14. The van der Waals surface area contributed by atoms with Crippen LogP contribution in [0.2, 0.25) is 0 Å². The largest absolute Gasteiger partial charge is 0.496 e. The van der Waals surface area contributed by atoms with Crippen molar-refractivity contribution in [1.82, 2.24) is 5.32 Å². The summed E-state index contributed by atoms with van der Waals surface area (Å²) < 4.78 is 5.33. The molecule has 0 aromatic heterocycles. The van der Waals surface area contributed by atoms with Gasteiger partial charge in [0.15, 0.2) is 5.78 Å². The molecule has 0 radical (unpaired) electrons. The number of ketones is 1. The van der Waals surface area contributed by atoms with E-state index in [2.05, 4.69) is 19.2 Å². The Morgan fingerprint density at radius 2 is 2.05 bits per heavy atom. The lowest BCUT2D eigenvalue weighted by atomic mass is 9.91. The summed E-state index contributed by atoms with van der Waals surface area (Å²) in [7, 11) is 3.48. The number of carbonyl (C=O) groups excluding carboxylic acids is 1. The maximum atomic E-state index is 12.6. The zero-order chi connectivity index (χ0) is 14.4. The van der Waals surface area contributed by atoms with Gasteiger partial charge in [0.05, 0.1) is 12.7 Å². The van der Waals surface area contributed by atoms with Gasteiger partial charge in [0, 0.05) is 12.5 Å². The second kappa shape index (κ2) is 7.29. The van der Waals surface area contributed by atoms with Crippen molar-refractivity contribution >= 4 is 5.78 Å². The molecule has 1 aromatic carbocycles. The van der Waals surface area contributed by atoms with Crippen molar-refractivity contribution in [3.8, 4) is 5.75 Å². The lowest BCUT2D eigenvalue weighted by molar-refractivity contribution is 0.0913. The first-order valence-corrected chi connectivity index (χ1v) is 6.91. The number of carbonyl (C=O) groups is 1. The lowest BCUT2D eigenvalue weighted by Crippen LogP contribution is -2.26. The second-order valence-electron chi connectivity index (χ2n) is 5.14. The molecule has 0 fully saturated rings. The molecule has 0 saturated carbocycles. The van der Waals surface area contributed by atoms with Crippen molar-refractivity contribution in [2.75, 3.05) is 20.7 Å². The monoisotopic (exact) mass is 263 g/mol. The molecule has 0 bridgehead atoms. The normalized spacial score (nSPS) is 12.5. The van der Waals surface area contributed by atoms with Crippen LogP contribution in [0.25, 0.3) is 0 Å². The molecule has 0 heterocycles. The zero-order valence-corrected chi connectivity index (χ0v) is 12.6. The maximum absolute atomic E-state index is 12.6. The van der Waals surface area contributed by atoms with Gasteiger partial charge in [-0.05, 0) is 37.1 Å². The van der Waals surface area contributed by atoms with Gasteiger partial charge >= 0.3 is 0 Å². The van der Waals surface area contributed by atoms with E-state index in [0.29, 0.717) is 23.8 Å². The van der Waals surface area contributed by atoms with Crippen molar-refractivity contribution < 1.29 is 9.53 Å². The first kappa shape index (κ1) is 15.7. The van der Waals surface area contributed by atoms with Crippen LogP contribution in [-0.2, 0) is 0 Å². The van der Waals surface area contributed by atoms with Gasteiger partial charge in [-0.2, -0.15) is 0 Å². The molecule has 19 heavy (non-hydrogen) atoms. The highest BCUT2D eigenvalue weighted by atomic mass is 16.5. The fraction of sp³-hybridized carbons (Fsp3) is 0.562. The minimum absolute atomic E-state index is 0.00122. The average molecular weight is 263 g/mol. The third-order valence-corrected chi connectivity index (χ3v) is 3.47. The molecule has 1 atom stereocenters. The molecular weight excluding hydrogens is 238 g/mol. The Labute approximate surface area is 116 Å². The molecule has 0 amide bonds. The third-order valence-electron chi connectivity index (χ3n) is 3.47. The maximum Gasteiger partial charge on any atom is 0.170 e. The number of nitrogens with one attached hydrogen (secondary N) is 1. The highest BCUT2D eigenvalue weighted by Crippen LogP contribution is 2.27. The molecule has 1 rings (SSSR count). The van der Waals surface area contributed by atoms with E-state index in [4.69, 9.17) is 4.74 Å². The molecule has 0 aliphatic heterocycles. The standard InChI is InChI=1S/C16H25NO2/c1-6-12(10-17-4)16(18)14-9-13(11(2)3)7-8-15(14)19-5/h7-9,11-12,17H,6,10H2,1-5H3. The fourth-order valence-corrected chi connectivity index (χ4v) is 2.17. The molecule has 1 aromatic rings. The van der Waals surface area contributed by atoms with Crippen LogP contribution >= 0.6 is 0 Å². The Kier molecular flexibility index (Phi) is 6.03. The number of hydrogen-bond donors (Lipinski definition) is 1. The van der Waals surface area contributed by atoms with Crippen molar-refractivity contribution in [3.05, 3.63) is 29.3 Å². The van der Waals surface area contributed by atoms with Gasteiger partial charge < -0.3 is 10.1 Å². The average Bonchev–Trinajstić information content (AvgIpc) is 2.43. The van der Waals surface area contributed by atoms with E-state index >= 15 is 0 Å². The summed E-state index contributed by atoms with van der Waals surface area (Å²) in [6.45, 7) is 6.99. The van der Waals surface area contributed by atoms with E-state index in [1.807, 2.05) is 32.2 Å². The van der Waals surface area contributed by atoms with Gasteiger partial charge in [0.25, 0.3) is 0 Å². The molecule has 3 heteroatoms. The van der Waals surface area contributed by atoms with Gasteiger partial charge in [0.1, 0.15) is 5.75 Å². The van der Waals surface area contributed by atoms with Gasteiger partial charge in [-0.15, -0.1) is 0 Å². The van der Waals surface area contributed by atoms with Crippen LogP contribution in [0.3, 0.4) is 0 Å². The fourth-order valence-electron chi connectivity index (χ4n) is 2.17. The van der Waals surface area contributed by atoms with Crippen LogP contribution in [0.5, 0.6) is 5.75 Å². The summed E-state index contributed by atoms with van der Waals surface area (Å²) >= 11 is 0. The van der Waals surface area contributed by atoms with E-state index in [1.165, 1.54) is 5.56 Å². The van der Waals surface area contributed by atoms with Crippen LogP contribution in [0.4, 0.5) is 0 Å². The lowest BCUT2D eigenvalue weighted by Gasteiger charge is -2.17. The summed E-state index contributed by atoms with van der Waals surface area (Å²) in [5, 5.41) is 3.08. The number of ether oxygens (including phenoxy) is 1. The van der Waals surface area contributed by atoms with Crippen molar-refractivity contribution in [2.24, 2.45) is 5.92 Å². The topological polar surface area (TPSA) is 38.3 Å². The van der Waals surface area contributed by atoms with E-state index in [1.54, 1.807) is 7.11 Å². The van der Waals surface area contributed by atoms with E-state index in [9.17, 15) is 4.79 Å². The molecule has 0 saturated heterocycles. The SMILES string of the molecule is CCC(CNC)C(=O)c1cc(C(C)C)ccc1OC. The molecule has 1 N–H and O–H groups in total. The summed E-state index contributed by atoms with van der Waals surface area (Å²) in [6, 6.07) is 5.90. The number of methoxy groups -OCH3 is 1. The van der Waals surface area contributed by atoms with Gasteiger partial charge in [0.2, 0.25) is 0 Å². The number of rotatable bonds is 7. The van der Waals surface area contributed by atoms with Gasteiger partial charge in [-0.1, -0.05) is 26.8 Å². The van der Waals surface area contributed by atoms with Crippen LogP contribution < -0.4 is 10.1 Å². The minimum Gasteiger partial charge on any atom is -0.496 e. The smallest absolute Gasteiger partial charge is 0.170 e. The molecule has 106 valence electrons. The van der Waals surface area contributed by atoms with Crippen molar-refractivity contribution in [1.29, 1.82) is 0 Å². The van der Waals surface area contributed by atoms with E-state index in [-0.39, 0.29) is 11.7 Å². The Morgan fingerprint density at radius 3 is 2.53 bits per heavy atom. The first-order chi connectivity index (χ1) is 9.04. The minimum atomic E-state index is 0.00122.